The van der Waals surface area contributed by atoms with E-state index < -0.39 is 35.1 Å². The minimum atomic E-state index is -0.875. The first-order chi connectivity index (χ1) is 13.9. The summed E-state index contributed by atoms with van der Waals surface area (Å²) in [5, 5.41) is 20.2. The van der Waals surface area contributed by atoms with E-state index in [1.165, 1.54) is 17.0 Å². The van der Waals surface area contributed by atoms with Crippen LogP contribution in [-0.2, 0) is 13.1 Å². The lowest BCUT2D eigenvalue weighted by Gasteiger charge is -2.32. The number of aliphatic hydroxyl groups is 1. The summed E-state index contributed by atoms with van der Waals surface area (Å²) in [6.07, 6.45) is 1.42. The van der Waals surface area contributed by atoms with E-state index in [0.29, 0.717) is 31.2 Å². The Labute approximate surface area is 165 Å². The fraction of sp³-hybridized carbons (Fsp3) is 0.450. The Kier molecular flexibility index (Phi) is 4.99. The Balaban J connectivity index is 1.68. The van der Waals surface area contributed by atoms with Crippen LogP contribution in [0.3, 0.4) is 0 Å². The molecule has 1 aliphatic heterocycles. The number of aromatic nitrogens is 2. The zero-order chi connectivity index (χ0) is 20.7. The van der Waals surface area contributed by atoms with E-state index in [1.807, 2.05) is 0 Å². The van der Waals surface area contributed by atoms with E-state index in [2.05, 4.69) is 0 Å². The number of carbonyl (C=O) groups is 1. The van der Waals surface area contributed by atoms with Crippen LogP contribution in [0.2, 0.25) is 0 Å². The summed E-state index contributed by atoms with van der Waals surface area (Å²) in [6.45, 7) is 0.546. The quantitative estimate of drug-likeness (QED) is 0.795. The average Bonchev–Trinajstić information content (AvgIpc) is 2.71. The average molecular weight is 403 g/mol. The van der Waals surface area contributed by atoms with Crippen molar-refractivity contribution in [2.24, 2.45) is 0 Å². The number of nitrogens with zero attached hydrogens (tertiary/aromatic N) is 3. The third-order valence-corrected chi connectivity index (χ3v) is 5.75. The maximum atomic E-state index is 13.1. The van der Waals surface area contributed by atoms with Crippen molar-refractivity contribution in [2.75, 3.05) is 6.54 Å². The minimum Gasteiger partial charge on any atom is -0.501 e. The maximum absolute atomic E-state index is 13.1. The topological polar surface area (TPSA) is 105 Å². The van der Waals surface area contributed by atoms with Crippen molar-refractivity contribution >= 4 is 5.91 Å². The van der Waals surface area contributed by atoms with Gasteiger partial charge in [-0.1, -0.05) is 12.1 Å². The highest BCUT2D eigenvalue weighted by Gasteiger charge is 2.34. The smallest absolute Gasteiger partial charge is 0.332 e. The molecule has 0 unspecified atom stereocenters. The molecule has 2 aliphatic rings. The number of rotatable bonds is 3. The van der Waals surface area contributed by atoms with E-state index in [4.69, 9.17) is 0 Å². The zero-order valence-corrected chi connectivity index (χ0v) is 15.8. The van der Waals surface area contributed by atoms with E-state index >= 15 is 0 Å². The van der Waals surface area contributed by atoms with Crippen molar-refractivity contribution in [3.8, 4) is 5.75 Å². The molecular formula is C20H22FN3O5. The van der Waals surface area contributed by atoms with Gasteiger partial charge in [-0.05, 0) is 43.4 Å². The number of hydrogen-bond acceptors (Lipinski definition) is 5. The second kappa shape index (κ2) is 7.47. The van der Waals surface area contributed by atoms with Crippen LogP contribution in [0.4, 0.5) is 4.39 Å². The Hall–Kier alpha value is -2.94. The fourth-order valence-electron chi connectivity index (χ4n) is 4.15. The third-order valence-electron chi connectivity index (χ3n) is 5.75. The molecule has 1 aromatic heterocycles. The molecule has 154 valence electrons. The molecule has 9 heteroatoms. The summed E-state index contributed by atoms with van der Waals surface area (Å²) in [5.74, 6) is -1.73. The molecule has 0 radical (unpaired) electrons. The summed E-state index contributed by atoms with van der Waals surface area (Å²) in [4.78, 5) is 40.0. The van der Waals surface area contributed by atoms with Crippen LogP contribution in [0.15, 0.2) is 33.9 Å². The highest BCUT2D eigenvalue weighted by Crippen LogP contribution is 2.28. The molecule has 1 aliphatic carbocycles. The van der Waals surface area contributed by atoms with Gasteiger partial charge in [-0.25, -0.2) is 9.18 Å². The van der Waals surface area contributed by atoms with Gasteiger partial charge in [-0.2, -0.15) is 0 Å². The molecule has 2 heterocycles. The molecule has 29 heavy (non-hydrogen) atoms. The van der Waals surface area contributed by atoms with Crippen molar-refractivity contribution in [1.82, 2.24) is 14.0 Å². The first-order valence-electron chi connectivity index (χ1n) is 9.67. The van der Waals surface area contributed by atoms with Gasteiger partial charge in [0.05, 0.1) is 6.10 Å². The standard InChI is InChI=1S/C20H22FN3O5/c21-13-3-1-12(2-4-13)11-22-9-10-23-16(18(22)27)17(26)19(28)24(20(23)29)14-5-7-15(25)8-6-14/h1-4,14-15,25-26H,5-11H2. The molecule has 0 spiro atoms. The molecule has 0 bridgehead atoms. The molecule has 2 N–H and O–H groups in total. The lowest BCUT2D eigenvalue weighted by atomic mass is 9.93. The predicted octanol–water partition coefficient (Wildman–Crippen LogP) is 0.987. The van der Waals surface area contributed by atoms with Gasteiger partial charge < -0.3 is 15.1 Å². The van der Waals surface area contributed by atoms with Crippen LogP contribution in [0, 0.1) is 5.82 Å². The minimum absolute atomic E-state index is 0.143. The molecule has 8 nitrogen and oxygen atoms in total. The van der Waals surface area contributed by atoms with Crippen molar-refractivity contribution in [1.29, 1.82) is 0 Å². The number of benzene rings is 1. The van der Waals surface area contributed by atoms with Gasteiger partial charge in [0, 0.05) is 25.7 Å². The summed E-state index contributed by atoms with van der Waals surface area (Å²) >= 11 is 0. The van der Waals surface area contributed by atoms with Crippen molar-refractivity contribution in [2.45, 2.75) is 50.9 Å². The van der Waals surface area contributed by atoms with Crippen LogP contribution in [0.1, 0.15) is 47.8 Å². The second-order valence-corrected chi connectivity index (χ2v) is 7.62. The van der Waals surface area contributed by atoms with E-state index in [9.17, 15) is 29.0 Å². The van der Waals surface area contributed by atoms with E-state index in [0.717, 1.165) is 9.13 Å². The van der Waals surface area contributed by atoms with Gasteiger partial charge in [0.15, 0.2) is 5.69 Å². The SMILES string of the molecule is O=C1c2c(O)c(=O)n(C3CCC(O)CC3)c(=O)n2CCN1Cc1ccc(F)cc1. The van der Waals surface area contributed by atoms with Crippen LogP contribution >= 0.6 is 0 Å². The van der Waals surface area contributed by atoms with Crippen LogP contribution in [0.5, 0.6) is 5.75 Å². The molecule has 0 saturated heterocycles. The van der Waals surface area contributed by atoms with E-state index in [-0.39, 0.29) is 31.1 Å². The summed E-state index contributed by atoms with van der Waals surface area (Å²) in [5.41, 5.74) is -1.09. The molecule has 1 saturated carbocycles. The number of carbonyl (C=O) groups excluding carboxylic acids is 1. The van der Waals surface area contributed by atoms with Crippen molar-refractivity contribution < 1.29 is 19.4 Å². The number of fused-ring (bicyclic) bond motifs is 1. The Morgan fingerprint density at radius 2 is 1.66 bits per heavy atom. The monoisotopic (exact) mass is 403 g/mol. The molecule has 1 aromatic carbocycles. The first-order valence-corrected chi connectivity index (χ1v) is 9.67. The van der Waals surface area contributed by atoms with Crippen molar-refractivity contribution in [3.05, 3.63) is 62.2 Å². The van der Waals surface area contributed by atoms with Crippen LogP contribution in [0.25, 0.3) is 0 Å². The normalized spacial score (nSPS) is 21.9. The predicted molar refractivity (Wildman–Crippen MR) is 101 cm³/mol. The van der Waals surface area contributed by atoms with E-state index in [1.54, 1.807) is 12.1 Å². The van der Waals surface area contributed by atoms with Crippen molar-refractivity contribution in [3.63, 3.8) is 0 Å². The number of halogens is 1. The molecule has 2 aromatic rings. The summed E-state index contributed by atoms with van der Waals surface area (Å²) in [6, 6.07) is 5.28. The largest absolute Gasteiger partial charge is 0.501 e. The molecule has 0 atom stereocenters. The Bertz CT molecular complexity index is 1050. The van der Waals surface area contributed by atoms with Gasteiger partial charge in [0.1, 0.15) is 5.82 Å². The number of amides is 1. The fourth-order valence-corrected chi connectivity index (χ4v) is 4.15. The highest BCUT2D eigenvalue weighted by molar-refractivity contribution is 5.95. The zero-order valence-electron chi connectivity index (χ0n) is 15.8. The summed E-state index contributed by atoms with van der Waals surface area (Å²) < 4.78 is 15.3. The molecule has 1 fully saturated rings. The van der Waals surface area contributed by atoms with Gasteiger partial charge in [-0.3, -0.25) is 18.7 Å². The lowest BCUT2D eigenvalue weighted by molar-refractivity contribution is 0.0674. The van der Waals surface area contributed by atoms with Gasteiger partial charge in [-0.15, -0.1) is 0 Å². The highest BCUT2D eigenvalue weighted by atomic mass is 19.1. The second-order valence-electron chi connectivity index (χ2n) is 7.62. The van der Waals surface area contributed by atoms with Crippen LogP contribution in [-0.4, -0.2) is 42.8 Å². The van der Waals surface area contributed by atoms with Gasteiger partial charge in [0.25, 0.3) is 11.5 Å². The maximum Gasteiger partial charge on any atom is 0.332 e. The Morgan fingerprint density at radius 3 is 2.31 bits per heavy atom. The number of aliphatic hydroxyl groups excluding tert-OH is 1. The first kappa shape index (κ1) is 19.4. The Morgan fingerprint density at radius 1 is 1.00 bits per heavy atom. The molecule has 4 rings (SSSR count). The van der Waals surface area contributed by atoms with Gasteiger partial charge >= 0.3 is 5.69 Å². The van der Waals surface area contributed by atoms with Crippen LogP contribution < -0.4 is 11.2 Å². The molecule has 1 amide bonds. The third kappa shape index (κ3) is 3.46. The summed E-state index contributed by atoms with van der Waals surface area (Å²) in [7, 11) is 0. The number of hydrogen-bond donors (Lipinski definition) is 2. The lowest BCUT2D eigenvalue weighted by Crippen LogP contribution is -2.51. The molecular weight excluding hydrogens is 381 g/mol. The van der Waals surface area contributed by atoms with Gasteiger partial charge in [0.2, 0.25) is 5.75 Å². The number of aromatic hydroxyl groups is 1.